The molecule has 1 aromatic heterocycles. The van der Waals surface area contributed by atoms with Crippen LogP contribution in [-0.2, 0) is 6.54 Å². The van der Waals surface area contributed by atoms with Gasteiger partial charge in [0.05, 0.1) is 6.54 Å². The van der Waals surface area contributed by atoms with Crippen molar-refractivity contribution in [3.8, 4) is 0 Å². The maximum absolute atomic E-state index is 10.2. The molecule has 12 heavy (non-hydrogen) atoms. The molecule has 0 aliphatic rings. The molecule has 0 atom stereocenters. The number of rotatable bonds is 4. The van der Waals surface area contributed by atoms with Gasteiger partial charge in [-0.1, -0.05) is 12.2 Å². The molecular weight excluding hydrogens is 176 g/mol. The summed E-state index contributed by atoms with van der Waals surface area (Å²) < 4.78 is 1.67. The number of hydrogen-bond donors (Lipinski definition) is 0. The highest BCUT2D eigenvalue weighted by Crippen LogP contribution is 1.92. The lowest BCUT2D eigenvalue weighted by atomic mass is 10.5. The second-order valence-corrected chi connectivity index (χ2v) is 2.51. The van der Waals surface area contributed by atoms with Crippen molar-refractivity contribution in [2.45, 2.75) is 6.54 Å². The first-order valence-electron chi connectivity index (χ1n) is 3.56. The first-order valence-corrected chi connectivity index (χ1v) is 4.10. The monoisotopic (exact) mass is 184 g/mol. The molecule has 0 saturated heterocycles. The highest BCUT2D eigenvalue weighted by atomic mass is 35.5. The first kappa shape index (κ1) is 9.00. The van der Waals surface area contributed by atoms with Crippen molar-refractivity contribution < 1.29 is 4.79 Å². The van der Waals surface area contributed by atoms with E-state index >= 15 is 0 Å². The fraction of sp³-hybridized carbons (Fsp3) is 0.250. The number of alkyl halides is 1. The van der Waals surface area contributed by atoms with Crippen LogP contribution < -0.4 is 0 Å². The van der Waals surface area contributed by atoms with Crippen molar-refractivity contribution in [2.75, 3.05) is 5.88 Å². The van der Waals surface area contributed by atoms with E-state index in [1.54, 1.807) is 16.9 Å². The van der Waals surface area contributed by atoms with Gasteiger partial charge < -0.3 is 0 Å². The van der Waals surface area contributed by atoms with Crippen molar-refractivity contribution in [1.82, 2.24) is 9.78 Å². The molecule has 0 aliphatic heterocycles. The number of aromatic nitrogens is 2. The summed E-state index contributed by atoms with van der Waals surface area (Å²) >= 11 is 5.43. The van der Waals surface area contributed by atoms with Crippen LogP contribution in [0.5, 0.6) is 0 Å². The van der Waals surface area contributed by atoms with Crippen molar-refractivity contribution in [1.29, 1.82) is 0 Å². The number of hydrogen-bond acceptors (Lipinski definition) is 2. The number of allylic oxidation sites excluding steroid dienone is 2. The molecule has 0 unspecified atom stereocenters. The highest BCUT2D eigenvalue weighted by Gasteiger charge is 1.93. The number of halogens is 1. The van der Waals surface area contributed by atoms with Gasteiger partial charge in [0.25, 0.3) is 0 Å². The van der Waals surface area contributed by atoms with Crippen LogP contribution in [0.25, 0.3) is 0 Å². The van der Waals surface area contributed by atoms with Crippen LogP contribution in [0.15, 0.2) is 24.4 Å². The third-order valence-corrected chi connectivity index (χ3v) is 1.51. The van der Waals surface area contributed by atoms with Crippen molar-refractivity contribution in [3.05, 3.63) is 30.1 Å². The molecule has 0 aliphatic carbocycles. The van der Waals surface area contributed by atoms with E-state index < -0.39 is 0 Å². The minimum absolute atomic E-state index is 0.453. The van der Waals surface area contributed by atoms with Gasteiger partial charge in [-0.05, 0) is 6.07 Å². The van der Waals surface area contributed by atoms with Crippen LogP contribution in [0.1, 0.15) is 10.5 Å². The fourth-order valence-electron chi connectivity index (χ4n) is 0.787. The molecule has 1 heterocycles. The Hall–Kier alpha value is -1.09. The molecule has 3 nitrogen and oxygen atoms in total. The van der Waals surface area contributed by atoms with Gasteiger partial charge in [0.15, 0.2) is 6.29 Å². The first-order chi connectivity index (χ1) is 5.86. The predicted octanol–water partition coefficient (Wildman–Crippen LogP) is 1.49. The van der Waals surface area contributed by atoms with Crippen LogP contribution in [0.3, 0.4) is 0 Å². The zero-order valence-corrected chi connectivity index (χ0v) is 7.24. The second-order valence-electron chi connectivity index (χ2n) is 2.21. The third kappa shape index (κ3) is 2.51. The Morgan fingerprint density at radius 1 is 1.58 bits per heavy atom. The second kappa shape index (κ2) is 4.72. The normalized spacial score (nSPS) is 10.8. The van der Waals surface area contributed by atoms with E-state index in [0.29, 0.717) is 18.1 Å². The van der Waals surface area contributed by atoms with E-state index in [0.717, 1.165) is 6.29 Å². The predicted molar refractivity (Wildman–Crippen MR) is 47.5 cm³/mol. The molecule has 0 radical (unpaired) electrons. The molecule has 0 aromatic carbocycles. The van der Waals surface area contributed by atoms with Crippen LogP contribution in [0, 0.1) is 0 Å². The van der Waals surface area contributed by atoms with Crippen molar-refractivity contribution in [2.24, 2.45) is 0 Å². The van der Waals surface area contributed by atoms with Crippen LogP contribution in [0.4, 0.5) is 0 Å². The molecule has 64 valence electrons. The zero-order chi connectivity index (χ0) is 8.81. The standard InChI is InChI=1S/C8H9ClN2O/c9-4-1-2-5-11-6-3-8(7-12)10-11/h1-3,6-7H,4-5H2. The minimum atomic E-state index is 0.453. The Morgan fingerprint density at radius 3 is 3.00 bits per heavy atom. The van der Waals surface area contributed by atoms with Crippen LogP contribution >= 0.6 is 11.6 Å². The lowest BCUT2D eigenvalue weighted by molar-refractivity contribution is 0.111. The molecule has 0 amide bonds. The molecule has 0 spiro atoms. The Bertz CT molecular complexity index is 280. The molecule has 0 fully saturated rings. The molecule has 4 heteroatoms. The summed E-state index contributed by atoms with van der Waals surface area (Å²) in [5, 5.41) is 3.95. The topological polar surface area (TPSA) is 34.9 Å². The summed E-state index contributed by atoms with van der Waals surface area (Å²) in [6, 6.07) is 1.67. The van der Waals surface area contributed by atoms with Crippen molar-refractivity contribution in [3.63, 3.8) is 0 Å². The Labute approximate surface area is 75.6 Å². The quantitative estimate of drug-likeness (QED) is 0.404. The third-order valence-electron chi connectivity index (χ3n) is 1.33. The van der Waals surface area contributed by atoms with Gasteiger partial charge in [-0.3, -0.25) is 9.48 Å². The number of aldehydes is 1. The largest absolute Gasteiger partial charge is 0.296 e. The van der Waals surface area contributed by atoms with E-state index in [-0.39, 0.29) is 0 Å². The Kier molecular flexibility index (Phi) is 3.54. The summed E-state index contributed by atoms with van der Waals surface area (Å²) in [6.07, 6.45) is 6.21. The van der Waals surface area contributed by atoms with Crippen LogP contribution in [-0.4, -0.2) is 21.9 Å². The molecule has 0 bridgehead atoms. The van der Waals surface area contributed by atoms with E-state index in [1.807, 2.05) is 12.2 Å². The summed E-state index contributed by atoms with van der Waals surface area (Å²) in [5.74, 6) is 0.502. The summed E-state index contributed by atoms with van der Waals surface area (Å²) in [4.78, 5) is 10.2. The SMILES string of the molecule is O=Cc1ccn(CC=CCCl)n1. The zero-order valence-electron chi connectivity index (χ0n) is 6.48. The number of carbonyl (C=O) groups excluding carboxylic acids is 1. The average Bonchev–Trinajstić information content (AvgIpc) is 2.53. The summed E-state index contributed by atoms with van der Waals surface area (Å²) in [5.41, 5.74) is 0.453. The molecule has 1 aromatic rings. The van der Waals surface area contributed by atoms with Gasteiger partial charge in [-0.15, -0.1) is 11.6 Å². The van der Waals surface area contributed by atoms with Gasteiger partial charge >= 0.3 is 0 Å². The van der Waals surface area contributed by atoms with E-state index in [4.69, 9.17) is 11.6 Å². The molecule has 0 N–H and O–H groups in total. The molecule has 0 saturated carbocycles. The van der Waals surface area contributed by atoms with Crippen LogP contribution in [0.2, 0.25) is 0 Å². The lowest BCUT2D eigenvalue weighted by Gasteiger charge is -1.92. The Balaban J connectivity index is 2.52. The van der Waals surface area contributed by atoms with Gasteiger partial charge in [0.2, 0.25) is 0 Å². The average molecular weight is 185 g/mol. The maximum Gasteiger partial charge on any atom is 0.170 e. The van der Waals surface area contributed by atoms with Gasteiger partial charge in [-0.25, -0.2) is 0 Å². The maximum atomic E-state index is 10.2. The summed E-state index contributed by atoms with van der Waals surface area (Å²) in [7, 11) is 0. The highest BCUT2D eigenvalue weighted by molar-refractivity contribution is 6.18. The van der Waals surface area contributed by atoms with Gasteiger partial charge in [0, 0.05) is 12.1 Å². The lowest BCUT2D eigenvalue weighted by Crippen LogP contribution is -1.96. The summed E-state index contributed by atoms with van der Waals surface area (Å²) in [6.45, 7) is 0.653. The van der Waals surface area contributed by atoms with E-state index in [2.05, 4.69) is 5.10 Å². The fourth-order valence-corrected chi connectivity index (χ4v) is 0.913. The van der Waals surface area contributed by atoms with Crippen molar-refractivity contribution >= 4 is 17.9 Å². The number of nitrogens with zero attached hydrogens (tertiary/aromatic N) is 2. The van der Waals surface area contributed by atoms with Gasteiger partial charge in [0.1, 0.15) is 5.69 Å². The van der Waals surface area contributed by atoms with Gasteiger partial charge in [-0.2, -0.15) is 5.10 Å². The number of carbonyl (C=O) groups is 1. The van der Waals surface area contributed by atoms with E-state index in [1.165, 1.54) is 0 Å². The minimum Gasteiger partial charge on any atom is -0.296 e. The molecule has 1 rings (SSSR count). The van der Waals surface area contributed by atoms with E-state index in [9.17, 15) is 4.79 Å². The smallest absolute Gasteiger partial charge is 0.170 e. The molecular formula is C8H9ClN2O. The Morgan fingerprint density at radius 2 is 2.42 bits per heavy atom.